The second kappa shape index (κ2) is 4.56. The molecule has 0 atom stereocenters. The van der Waals surface area contributed by atoms with Crippen molar-refractivity contribution in [2.75, 3.05) is 7.11 Å². The van der Waals surface area contributed by atoms with Crippen molar-refractivity contribution in [1.82, 2.24) is 15.2 Å². The van der Waals surface area contributed by atoms with Gasteiger partial charge in [0.05, 0.1) is 7.11 Å². The Hall–Kier alpha value is -2.63. The zero-order valence-corrected chi connectivity index (χ0v) is 10.5. The van der Waals surface area contributed by atoms with Gasteiger partial charge >= 0.3 is 0 Å². The quantitative estimate of drug-likeness (QED) is 0.718. The summed E-state index contributed by atoms with van der Waals surface area (Å²) in [5.41, 5.74) is 1.35. The molecule has 0 saturated carbocycles. The predicted octanol–water partition coefficient (Wildman–Crippen LogP) is 2.71. The van der Waals surface area contributed by atoms with Crippen LogP contribution >= 0.6 is 0 Å². The SMILES string of the molecule is COc1ccc(-c2nnc(-c3coc(C)n3)o2)cc1. The van der Waals surface area contributed by atoms with Gasteiger partial charge in [-0.1, -0.05) is 0 Å². The van der Waals surface area contributed by atoms with E-state index >= 15 is 0 Å². The third-order valence-electron chi connectivity index (χ3n) is 2.60. The lowest BCUT2D eigenvalue weighted by molar-refractivity contribution is 0.415. The summed E-state index contributed by atoms with van der Waals surface area (Å²) in [5.74, 6) is 2.09. The fourth-order valence-electron chi connectivity index (χ4n) is 1.64. The molecule has 0 bridgehead atoms. The standard InChI is InChI=1S/C13H11N3O3/c1-8-14-11(7-18-8)13-16-15-12(19-13)9-3-5-10(17-2)6-4-9/h3-7H,1-2H3. The van der Waals surface area contributed by atoms with Crippen LogP contribution in [0.25, 0.3) is 23.0 Å². The van der Waals surface area contributed by atoms with Crippen molar-refractivity contribution in [2.24, 2.45) is 0 Å². The molecule has 6 nitrogen and oxygen atoms in total. The summed E-state index contributed by atoms with van der Waals surface area (Å²) in [6.07, 6.45) is 1.49. The van der Waals surface area contributed by atoms with E-state index in [9.17, 15) is 0 Å². The van der Waals surface area contributed by atoms with Crippen LogP contribution in [0.1, 0.15) is 5.89 Å². The number of oxazole rings is 1. The van der Waals surface area contributed by atoms with Crippen molar-refractivity contribution in [3.8, 4) is 28.8 Å². The number of aryl methyl sites for hydroxylation is 1. The Morgan fingerprint density at radius 3 is 2.42 bits per heavy atom. The Labute approximate surface area is 109 Å². The second-order valence-corrected chi connectivity index (χ2v) is 3.89. The molecule has 19 heavy (non-hydrogen) atoms. The van der Waals surface area contributed by atoms with Crippen molar-refractivity contribution < 1.29 is 13.6 Å². The summed E-state index contributed by atoms with van der Waals surface area (Å²) in [6, 6.07) is 7.37. The fraction of sp³-hybridized carbons (Fsp3) is 0.154. The number of rotatable bonds is 3. The number of hydrogen-bond acceptors (Lipinski definition) is 6. The number of ether oxygens (including phenoxy) is 1. The largest absolute Gasteiger partial charge is 0.497 e. The van der Waals surface area contributed by atoms with Crippen LogP contribution in [0.3, 0.4) is 0 Å². The number of hydrogen-bond donors (Lipinski definition) is 0. The summed E-state index contributed by atoms with van der Waals surface area (Å²) in [5, 5.41) is 7.94. The van der Waals surface area contributed by atoms with Crippen molar-refractivity contribution in [3.63, 3.8) is 0 Å². The lowest BCUT2D eigenvalue weighted by Gasteiger charge is -1.98. The maximum atomic E-state index is 5.56. The minimum atomic E-state index is 0.336. The second-order valence-electron chi connectivity index (χ2n) is 3.89. The van der Waals surface area contributed by atoms with E-state index in [1.54, 1.807) is 14.0 Å². The van der Waals surface area contributed by atoms with E-state index in [-0.39, 0.29) is 0 Å². The predicted molar refractivity (Wildman–Crippen MR) is 66.5 cm³/mol. The van der Waals surface area contributed by atoms with Gasteiger partial charge in [-0.05, 0) is 24.3 Å². The van der Waals surface area contributed by atoms with Gasteiger partial charge in [0.2, 0.25) is 5.89 Å². The Bertz CT molecular complexity index is 685. The van der Waals surface area contributed by atoms with Crippen LogP contribution in [0.15, 0.2) is 39.4 Å². The molecule has 6 heteroatoms. The van der Waals surface area contributed by atoms with E-state index < -0.39 is 0 Å². The smallest absolute Gasteiger partial charge is 0.269 e. The van der Waals surface area contributed by atoms with Gasteiger partial charge in [-0.3, -0.25) is 0 Å². The minimum absolute atomic E-state index is 0.336. The van der Waals surface area contributed by atoms with Gasteiger partial charge in [-0.2, -0.15) is 0 Å². The number of methoxy groups -OCH3 is 1. The van der Waals surface area contributed by atoms with E-state index in [2.05, 4.69) is 15.2 Å². The first-order valence-corrected chi connectivity index (χ1v) is 5.66. The lowest BCUT2D eigenvalue weighted by Crippen LogP contribution is -1.82. The van der Waals surface area contributed by atoms with Crippen molar-refractivity contribution in [1.29, 1.82) is 0 Å². The van der Waals surface area contributed by atoms with Crippen molar-refractivity contribution in [3.05, 3.63) is 36.4 Å². The third kappa shape index (κ3) is 2.20. The van der Waals surface area contributed by atoms with Crippen LogP contribution in [0, 0.1) is 6.92 Å². The number of aromatic nitrogens is 3. The molecule has 1 aromatic carbocycles. The maximum Gasteiger partial charge on any atom is 0.269 e. The van der Waals surface area contributed by atoms with Gasteiger partial charge < -0.3 is 13.6 Å². The van der Waals surface area contributed by atoms with Crippen molar-refractivity contribution in [2.45, 2.75) is 6.92 Å². The van der Waals surface area contributed by atoms with Crippen LogP contribution < -0.4 is 4.74 Å². The van der Waals surface area contributed by atoms with E-state index in [4.69, 9.17) is 13.6 Å². The molecule has 0 amide bonds. The van der Waals surface area contributed by atoms with Crippen LogP contribution in [0.5, 0.6) is 5.75 Å². The van der Waals surface area contributed by atoms with E-state index in [1.807, 2.05) is 24.3 Å². The third-order valence-corrected chi connectivity index (χ3v) is 2.60. The molecule has 0 saturated heterocycles. The molecule has 3 rings (SSSR count). The first kappa shape index (κ1) is 11.5. The highest BCUT2D eigenvalue weighted by Gasteiger charge is 2.13. The lowest BCUT2D eigenvalue weighted by atomic mass is 10.2. The molecule has 2 heterocycles. The molecule has 0 unspecified atom stereocenters. The average Bonchev–Trinajstić information content (AvgIpc) is 3.07. The van der Waals surface area contributed by atoms with Gasteiger partial charge in [-0.25, -0.2) is 4.98 Å². The monoisotopic (exact) mass is 257 g/mol. The van der Waals surface area contributed by atoms with Crippen LogP contribution in [-0.4, -0.2) is 22.3 Å². The molecule has 2 aromatic heterocycles. The van der Waals surface area contributed by atoms with Crippen LogP contribution in [0.4, 0.5) is 0 Å². The van der Waals surface area contributed by atoms with Crippen LogP contribution in [-0.2, 0) is 0 Å². The van der Waals surface area contributed by atoms with E-state index in [0.717, 1.165) is 11.3 Å². The van der Waals surface area contributed by atoms with Gasteiger partial charge in [0, 0.05) is 12.5 Å². The Kier molecular flexibility index (Phi) is 2.75. The molecular formula is C13H11N3O3. The number of nitrogens with zero attached hydrogens (tertiary/aromatic N) is 3. The molecule has 0 aliphatic carbocycles. The highest BCUT2D eigenvalue weighted by Crippen LogP contribution is 2.24. The Balaban J connectivity index is 1.91. The topological polar surface area (TPSA) is 74.2 Å². The van der Waals surface area contributed by atoms with Gasteiger partial charge in [0.15, 0.2) is 11.6 Å². The summed E-state index contributed by atoms with van der Waals surface area (Å²) in [4.78, 5) is 4.13. The zero-order chi connectivity index (χ0) is 13.2. The summed E-state index contributed by atoms with van der Waals surface area (Å²) in [7, 11) is 1.62. The van der Waals surface area contributed by atoms with Crippen molar-refractivity contribution >= 4 is 0 Å². The molecule has 0 N–H and O–H groups in total. The maximum absolute atomic E-state index is 5.56. The highest BCUT2D eigenvalue weighted by molar-refractivity contribution is 5.56. The number of benzene rings is 1. The summed E-state index contributed by atoms with van der Waals surface area (Å²) < 4.78 is 15.8. The van der Waals surface area contributed by atoms with E-state index in [1.165, 1.54) is 6.26 Å². The molecule has 0 fully saturated rings. The molecule has 0 radical (unpaired) electrons. The minimum Gasteiger partial charge on any atom is -0.497 e. The molecule has 3 aromatic rings. The van der Waals surface area contributed by atoms with E-state index in [0.29, 0.717) is 23.4 Å². The van der Waals surface area contributed by atoms with Gasteiger partial charge in [0.25, 0.3) is 5.89 Å². The summed E-state index contributed by atoms with van der Waals surface area (Å²) >= 11 is 0. The fourth-order valence-corrected chi connectivity index (χ4v) is 1.64. The highest BCUT2D eigenvalue weighted by atomic mass is 16.5. The van der Waals surface area contributed by atoms with Gasteiger partial charge in [-0.15, -0.1) is 10.2 Å². The molecule has 0 aliphatic rings. The molecule has 96 valence electrons. The molecule has 0 spiro atoms. The zero-order valence-electron chi connectivity index (χ0n) is 10.5. The Morgan fingerprint density at radius 1 is 1.05 bits per heavy atom. The normalized spacial score (nSPS) is 10.6. The first-order chi connectivity index (χ1) is 9.26. The molecule has 0 aliphatic heterocycles. The summed E-state index contributed by atoms with van der Waals surface area (Å²) in [6.45, 7) is 1.75. The first-order valence-electron chi connectivity index (χ1n) is 5.66. The van der Waals surface area contributed by atoms with Crippen LogP contribution in [0.2, 0.25) is 0 Å². The molecular weight excluding hydrogens is 246 g/mol. The van der Waals surface area contributed by atoms with Gasteiger partial charge in [0.1, 0.15) is 12.0 Å². The Morgan fingerprint density at radius 2 is 1.79 bits per heavy atom. The average molecular weight is 257 g/mol.